The number of hydrogen-bond donors (Lipinski definition) is 1. The van der Waals surface area contributed by atoms with Crippen LogP contribution in [-0.4, -0.2) is 15.3 Å². The maximum Gasteiger partial charge on any atom is 0.282 e. The molecule has 0 saturated carbocycles. The first-order valence-corrected chi connectivity index (χ1v) is 7.43. The highest BCUT2D eigenvalue weighted by atomic mass is 32.1. The van der Waals surface area contributed by atoms with Gasteiger partial charge in [-0.05, 0) is 24.6 Å². The van der Waals surface area contributed by atoms with Crippen LogP contribution < -0.4 is 10.9 Å². The maximum absolute atomic E-state index is 12.8. The number of benzene rings is 1. The third-order valence-corrected chi connectivity index (χ3v) is 3.95. The first-order chi connectivity index (χ1) is 10.5. The van der Waals surface area contributed by atoms with Crippen LogP contribution >= 0.6 is 11.3 Å². The molecule has 5 nitrogen and oxygen atoms in total. The van der Waals surface area contributed by atoms with E-state index in [9.17, 15) is 14.0 Å². The van der Waals surface area contributed by atoms with E-state index in [1.807, 2.05) is 0 Å². The second-order valence-electron chi connectivity index (χ2n) is 4.78. The number of aryl methyl sites for hydroxylation is 1. The van der Waals surface area contributed by atoms with Crippen molar-refractivity contribution in [3.05, 3.63) is 63.3 Å². The van der Waals surface area contributed by atoms with E-state index in [-0.39, 0.29) is 29.4 Å². The Labute approximate surface area is 129 Å². The average Bonchev–Trinajstić information content (AvgIpc) is 2.94. The molecule has 7 heteroatoms. The van der Waals surface area contributed by atoms with E-state index in [1.165, 1.54) is 40.0 Å². The summed E-state index contributed by atoms with van der Waals surface area (Å²) in [5, 5.41) is 4.36. The van der Waals surface area contributed by atoms with E-state index in [0.717, 1.165) is 0 Å². The van der Waals surface area contributed by atoms with Gasteiger partial charge in [0.05, 0.1) is 12.1 Å². The molecule has 22 heavy (non-hydrogen) atoms. The van der Waals surface area contributed by atoms with Crippen molar-refractivity contribution < 1.29 is 9.18 Å². The number of carbonyl (C=O) groups is 1. The number of fused-ring (bicyclic) bond motifs is 1. The molecule has 0 saturated heterocycles. The lowest BCUT2D eigenvalue weighted by Gasteiger charge is -2.07. The van der Waals surface area contributed by atoms with Crippen LogP contribution in [0.1, 0.15) is 11.3 Å². The number of halogens is 1. The number of aromatic nitrogens is 2. The number of amides is 1. The maximum atomic E-state index is 12.8. The van der Waals surface area contributed by atoms with Gasteiger partial charge in [-0.3, -0.25) is 14.0 Å². The van der Waals surface area contributed by atoms with Crippen LogP contribution in [0.15, 0.2) is 40.6 Å². The zero-order valence-electron chi connectivity index (χ0n) is 11.7. The van der Waals surface area contributed by atoms with Crippen LogP contribution in [0, 0.1) is 12.7 Å². The minimum absolute atomic E-state index is 0.0610. The fourth-order valence-electron chi connectivity index (χ4n) is 2.10. The highest BCUT2D eigenvalue weighted by Gasteiger charge is 2.13. The van der Waals surface area contributed by atoms with Crippen LogP contribution in [0.4, 0.5) is 10.1 Å². The Morgan fingerprint density at radius 2 is 2.09 bits per heavy atom. The largest absolute Gasteiger partial charge is 0.320 e. The monoisotopic (exact) mass is 317 g/mol. The predicted molar refractivity (Wildman–Crippen MR) is 82.8 cm³/mol. The van der Waals surface area contributed by atoms with Crippen LogP contribution in [0.25, 0.3) is 4.96 Å². The highest BCUT2D eigenvalue weighted by Crippen LogP contribution is 2.13. The van der Waals surface area contributed by atoms with Crippen molar-refractivity contribution in [2.45, 2.75) is 13.3 Å². The number of nitrogens with one attached hydrogen (secondary N) is 1. The second-order valence-corrected chi connectivity index (χ2v) is 5.66. The average molecular weight is 317 g/mol. The van der Waals surface area contributed by atoms with Gasteiger partial charge in [0.25, 0.3) is 5.56 Å². The molecule has 0 unspecified atom stereocenters. The van der Waals surface area contributed by atoms with Gasteiger partial charge in [-0.25, -0.2) is 9.37 Å². The lowest BCUT2D eigenvalue weighted by molar-refractivity contribution is -0.115. The van der Waals surface area contributed by atoms with Crippen LogP contribution in [0.5, 0.6) is 0 Å². The molecule has 3 rings (SSSR count). The Morgan fingerprint density at radius 3 is 2.82 bits per heavy atom. The molecule has 0 aliphatic carbocycles. The van der Waals surface area contributed by atoms with Gasteiger partial charge in [0.15, 0.2) is 4.96 Å². The van der Waals surface area contributed by atoms with Gasteiger partial charge in [0.2, 0.25) is 5.91 Å². The number of rotatable bonds is 3. The zero-order valence-corrected chi connectivity index (χ0v) is 12.5. The molecule has 0 spiro atoms. The SMILES string of the molecule is Cc1nc2sccn2c(=O)c1NC(=O)Cc1ccc(F)cc1. The Morgan fingerprint density at radius 1 is 1.36 bits per heavy atom. The molecule has 1 N–H and O–H groups in total. The Kier molecular flexibility index (Phi) is 3.72. The van der Waals surface area contributed by atoms with Crippen LogP contribution in [-0.2, 0) is 11.2 Å². The molecule has 0 fully saturated rings. The summed E-state index contributed by atoms with van der Waals surface area (Å²) in [5.74, 6) is -0.700. The Hall–Kier alpha value is -2.54. The minimum Gasteiger partial charge on any atom is -0.320 e. The van der Waals surface area contributed by atoms with Gasteiger partial charge >= 0.3 is 0 Å². The summed E-state index contributed by atoms with van der Waals surface area (Å²) in [6, 6.07) is 5.66. The molecular formula is C15H12FN3O2S. The van der Waals surface area contributed by atoms with Gasteiger partial charge in [-0.1, -0.05) is 12.1 Å². The molecule has 112 valence electrons. The fraction of sp³-hybridized carbons (Fsp3) is 0.133. The van der Waals surface area contributed by atoms with E-state index in [2.05, 4.69) is 10.3 Å². The third kappa shape index (κ3) is 2.75. The number of nitrogens with zero attached hydrogens (tertiary/aromatic N) is 2. The highest BCUT2D eigenvalue weighted by molar-refractivity contribution is 7.15. The van der Waals surface area contributed by atoms with Gasteiger partial charge < -0.3 is 5.32 Å². The standard InChI is InChI=1S/C15H12FN3O2S/c1-9-13(14(21)19-6-7-22-15(19)17-9)18-12(20)8-10-2-4-11(16)5-3-10/h2-7H,8H2,1H3,(H,18,20). The number of thiazole rings is 1. The fourth-order valence-corrected chi connectivity index (χ4v) is 2.85. The van der Waals surface area contributed by atoms with Crippen molar-refractivity contribution in [1.29, 1.82) is 0 Å². The second kappa shape index (κ2) is 5.69. The Bertz CT molecular complexity index is 899. The summed E-state index contributed by atoms with van der Waals surface area (Å²) in [7, 11) is 0. The van der Waals surface area contributed by atoms with Crippen molar-refractivity contribution in [3.8, 4) is 0 Å². The molecule has 0 aliphatic rings. The smallest absolute Gasteiger partial charge is 0.282 e. The summed E-state index contributed by atoms with van der Waals surface area (Å²) in [4.78, 5) is 29.2. The molecule has 0 atom stereocenters. The predicted octanol–water partition coefficient (Wildman–Crippen LogP) is 2.38. The molecule has 1 amide bonds. The molecular weight excluding hydrogens is 305 g/mol. The van der Waals surface area contributed by atoms with Crippen molar-refractivity contribution in [2.24, 2.45) is 0 Å². The molecule has 2 heterocycles. The quantitative estimate of drug-likeness (QED) is 0.807. The summed E-state index contributed by atoms with van der Waals surface area (Å²) in [6.07, 6.45) is 1.68. The van der Waals surface area contributed by atoms with Gasteiger partial charge in [0, 0.05) is 11.6 Å². The lowest BCUT2D eigenvalue weighted by Crippen LogP contribution is -2.25. The normalized spacial score (nSPS) is 10.8. The van der Waals surface area contributed by atoms with Gasteiger partial charge in [-0.2, -0.15) is 0 Å². The van der Waals surface area contributed by atoms with Gasteiger partial charge in [-0.15, -0.1) is 11.3 Å². The van der Waals surface area contributed by atoms with Crippen molar-refractivity contribution >= 4 is 27.9 Å². The summed E-state index contributed by atoms with van der Waals surface area (Å²) in [5.41, 5.74) is 1.00. The molecule has 2 aromatic heterocycles. The summed E-state index contributed by atoms with van der Waals surface area (Å²) in [6.45, 7) is 1.68. The number of anilines is 1. The summed E-state index contributed by atoms with van der Waals surface area (Å²) >= 11 is 1.35. The first-order valence-electron chi connectivity index (χ1n) is 6.55. The third-order valence-electron chi connectivity index (χ3n) is 3.19. The van der Waals surface area contributed by atoms with Crippen LogP contribution in [0.3, 0.4) is 0 Å². The van der Waals surface area contributed by atoms with Gasteiger partial charge in [0.1, 0.15) is 11.5 Å². The van der Waals surface area contributed by atoms with E-state index < -0.39 is 0 Å². The zero-order chi connectivity index (χ0) is 15.7. The van der Waals surface area contributed by atoms with Crippen molar-refractivity contribution in [1.82, 2.24) is 9.38 Å². The number of hydrogen-bond acceptors (Lipinski definition) is 4. The van der Waals surface area contributed by atoms with E-state index in [1.54, 1.807) is 18.5 Å². The first kappa shape index (κ1) is 14.4. The lowest BCUT2D eigenvalue weighted by atomic mass is 10.1. The van der Waals surface area contributed by atoms with Crippen molar-refractivity contribution in [2.75, 3.05) is 5.32 Å². The molecule has 3 aromatic rings. The Balaban J connectivity index is 1.85. The number of carbonyl (C=O) groups excluding carboxylic acids is 1. The van der Waals surface area contributed by atoms with Crippen molar-refractivity contribution in [3.63, 3.8) is 0 Å². The summed E-state index contributed by atoms with van der Waals surface area (Å²) < 4.78 is 14.2. The topological polar surface area (TPSA) is 63.5 Å². The molecule has 0 radical (unpaired) electrons. The van der Waals surface area contributed by atoms with E-state index in [4.69, 9.17) is 0 Å². The van der Waals surface area contributed by atoms with E-state index >= 15 is 0 Å². The van der Waals surface area contributed by atoms with E-state index in [0.29, 0.717) is 16.2 Å². The van der Waals surface area contributed by atoms with Crippen LogP contribution in [0.2, 0.25) is 0 Å². The minimum atomic E-state index is -0.356. The molecule has 0 aliphatic heterocycles. The molecule has 0 bridgehead atoms. The molecule has 1 aromatic carbocycles.